The van der Waals surface area contributed by atoms with E-state index in [4.69, 9.17) is 0 Å². The van der Waals surface area contributed by atoms with Crippen molar-refractivity contribution in [1.82, 2.24) is 4.90 Å². The van der Waals surface area contributed by atoms with Gasteiger partial charge in [0.1, 0.15) is 0 Å². The molecule has 0 saturated carbocycles. The lowest BCUT2D eigenvalue weighted by atomic mass is 10.0. The van der Waals surface area contributed by atoms with E-state index in [0.29, 0.717) is 0 Å². The van der Waals surface area contributed by atoms with Gasteiger partial charge in [-0.25, -0.2) is 0 Å². The molecular weight excluding hydrogens is 178 g/mol. The van der Waals surface area contributed by atoms with Crippen LogP contribution in [0.4, 0.5) is 0 Å². The number of aliphatic hydroxyl groups excluding tert-OH is 1. The normalized spacial score (nSPS) is 14.5. The van der Waals surface area contributed by atoms with Gasteiger partial charge in [-0.3, -0.25) is 4.79 Å². The summed E-state index contributed by atoms with van der Waals surface area (Å²) >= 11 is 0. The van der Waals surface area contributed by atoms with Gasteiger partial charge in [0.15, 0.2) is 0 Å². The highest BCUT2D eigenvalue weighted by Gasteiger charge is 2.18. The molecule has 0 aliphatic rings. The molecule has 1 rings (SSSR count). The number of hydrogen-bond donors (Lipinski definition) is 1. The molecule has 1 amide bonds. The van der Waals surface area contributed by atoms with Crippen LogP contribution in [-0.2, 0) is 4.79 Å². The van der Waals surface area contributed by atoms with E-state index in [9.17, 15) is 9.90 Å². The lowest BCUT2D eigenvalue weighted by molar-refractivity contribution is -0.120. The summed E-state index contributed by atoms with van der Waals surface area (Å²) in [5.74, 6) is 0. The molecule has 3 nitrogen and oxygen atoms in total. The minimum Gasteiger partial charge on any atom is -0.386 e. The summed E-state index contributed by atoms with van der Waals surface area (Å²) in [6, 6.07) is 9.11. The lowest BCUT2D eigenvalue weighted by Gasteiger charge is -2.25. The number of hydrogen-bond acceptors (Lipinski definition) is 2. The predicted molar refractivity (Wildman–Crippen MR) is 54.7 cm³/mol. The molecule has 0 aromatic heterocycles. The molecule has 0 bridgehead atoms. The summed E-state index contributed by atoms with van der Waals surface area (Å²) in [5, 5.41) is 9.89. The van der Waals surface area contributed by atoms with Crippen molar-refractivity contribution in [2.24, 2.45) is 0 Å². The zero-order chi connectivity index (χ0) is 10.6. The SMILES string of the molecule is C[C@H]([C@H](O)c1ccccc1)N(C)C=O. The standard InChI is InChI=1S/C11H15NO2/c1-9(12(2)8-13)11(14)10-6-4-3-5-7-10/h3-9,11,14H,1-2H3/t9-,11+/m1/s1. The van der Waals surface area contributed by atoms with Crippen LogP contribution in [0.5, 0.6) is 0 Å². The number of nitrogens with zero attached hydrogens (tertiary/aromatic N) is 1. The average molecular weight is 193 g/mol. The molecular formula is C11H15NO2. The summed E-state index contributed by atoms with van der Waals surface area (Å²) in [4.78, 5) is 12.0. The second-order valence-corrected chi connectivity index (χ2v) is 3.37. The van der Waals surface area contributed by atoms with E-state index in [0.717, 1.165) is 12.0 Å². The van der Waals surface area contributed by atoms with E-state index in [2.05, 4.69) is 0 Å². The highest BCUT2D eigenvalue weighted by molar-refractivity contribution is 5.47. The average Bonchev–Trinajstić information content (AvgIpc) is 2.27. The zero-order valence-electron chi connectivity index (χ0n) is 8.42. The van der Waals surface area contributed by atoms with Crippen LogP contribution in [0.25, 0.3) is 0 Å². The maximum atomic E-state index is 10.5. The van der Waals surface area contributed by atoms with Gasteiger partial charge in [0.2, 0.25) is 6.41 Å². The fourth-order valence-electron chi connectivity index (χ4n) is 1.25. The maximum absolute atomic E-state index is 10.5. The third-order valence-corrected chi connectivity index (χ3v) is 2.41. The second-order valence-electron chi connectivity index (χ2n) is 3.37. The van der Waals surface area contributed by atoms with E-state index in [1.807, 2.05) is 37.3 Å². The van der Waals surface area contributed by atoms with Gasteiger partial charge in [-0.05, 0) is 12.5 Å². The van der Waals surface area contributed by atoms with Crippen LogP contribution in [0, 0.1) is 0 Å². The molecule has 76 valence electrons. The number of amides is 1. The van der Waals surface area contributed by atoms with E-state index in [1.54, 1.807) is 7.05 Å². The third-order valence-electron chi connectivity index (χ3n) is 2.41. The monoisotopic (exact) mass is 193 g/mol. The highest BCUT2D eigenvalue weighted by Crippen LogP contribution is 2.18. The summed E-state index contributed by atoms with van der Waals surface area (Å²) in [6.07, 6.45) is 0.0861. The minimum atomic E-state index is -0.633. The van der Waals surface area contributed by atoms with Gasteiger partial charge in [-0.1, -0.05) is 30.3 Å². The first kappa shape index (κ1) is 10.7. The first-order chi connectivity index (χ1) is 6.66. The summed E-state index contributed by atoms with van der Waals surface area (Å²) < 4.78 is 0. The minimum absolute atomic E-state index is 0.213. The number of carbonyl (C=O) groups is 1. The van der Waals surface area contributed by atoms with Crippen molar-refractivity contribution in [2.75, 3.05) is 7.05 Å². The summed E-state index contributed by atoms with van der Waals surface area (Å²) in [6.45, 7) is 1.81. The molecule has 0 saturated heterocycles. The first-order valence-electron chi connectivity index (χ1n) is 4.57. The lowest BCUT2D eigenvalue weighted by Crippen LogP contribution is -2.33. The Balaban J connectivity index is 2.75. The molecule has 0 aliphatic carbocycles. The van der Waals surface area contributed by atoms with Crippen LogP contribution in [0.2, 0.25) is 0 Å². The fraction of sp³-hybridized carbons (Fsp3) is 0.364. The van der Waals surface area contributed by atoms with Gasteiger partial charge in [-0.2, -0.15) is 0 Å². The van der Waals surface area contributed by atoms with Crippen molar-refractivity contribution in [3.8, 4) is 0 Å². The predicted octanol–water partition coefficient (Wildman–Crippen LogP) is 1.20. The van der Waals surface area contributed by atoms with Gasteiger partial charge in [0.25, 0.3) is 0 Å². The molecule has 1 aromatic rings. The number of rotatable bonds is 4. The van der Waals surface area contributed by atoms with Gasteiger partial charge >= 0.3 is 0 Å². The fourth-order valence-corrected chi connectivity index (χ4v) is 1.25. The molecule has 2 atom stereocenters. The van der Waals surface area contributed by atoms with Crippen LogP contribution in [-0.4, -0.2) is 29.5 Å². The Kier molecular flexibility index (Phi) is 3.65. The third kappa shape index (κ3) is 2.33. The Bertz CT molecular complexity index is 287. The Morgan fingerprint density at radius 2 is 1.93 bits per heavy atom. The van der Waals surface area contributed by atoms with Gasteiger partial charge in [0, 0.05) is 7.05 Å². The number of carbonyl (C=O) groups excluding carboxylic acids is 1. The molecule has 0 radical (unpaired) electrons. The molecule has 14 heavy (non-hydrogen) atoms. The van der Waals surface area contributed by atoms with E-state index in [-0.39, 0.29) is 6.04 Å². The molecule has 1 N–H and O–H groups in total. The molecule has 1 aromatic carbocycles. The van der Waals surface area contributed by atoms with Crippen LogP contribution in [0.15, 0.2) is 30.3 Å². The summed E-state index contributed by atoms with van der Waals surface area (Å²) in [5.41, 5.74) is 0.828. The van der Waals surface area contributed by atoms with Crippen molar-refractivity contribution < 1.29 is 9.90 Å². The Morgan fingerprint density at radius 1 is 1.36 bits per heavy atom. The van der Waals surface area contributed by atoms with Crippen molar-refractivity contribution in [2.45, 2.75) is 19.1 Å². The van der Waals surface area contributed by atoms with E-state index < -0.39 is 6.10 Å². The van der Waals surface area contributed by atoms with Gasteiger partial charge in [0.05, 0.1) is 12.1 Å². The Labute approximate surface area is 84.0 Å². The van der Waals surface area contributed by atoms with Gasteiger partial charge < -0.3 is 10.0 Å². The topological polar surface area (TPSA) is 40.5 Å². The highest BCUT2D eigenvalue weighted by atomic mass is 16.3. The molecule has 3 heteroatoms. The van der Waals surface area contributed by atoms with Crippen molar-refractivity contribution in [3.05, 3.63) is 35.9 Å². The zero-order valence-corrected chi connectivity index (χ0v) is 8.42. The maximum Gasteiger partial charge on any atom is 0.209 e. The largest absolute Gasteiger partial charge is 0.386 e. The quantitative estimate of drug-likeness (QED) is 0.730. The number of benzene rings is 1. The molecule has 0 unspecified atom stereocenters. The van der Waals surface area contributed by atoms with Crippen LogP contribution in [0.3, 0.4) is 0 Å². The smallest absolute Gasteiger partial charge is 0.209 e. The van der Waals surface area contributed by atoms with Crippen molar-refractivity contribution >= 4 is 6.41 Å². The Hall–Kier alpha value is -1.35. The van der Waals surface area contributed by atoms with Crippen LogP contribution in [0.1, 0.15) is 18.6 Å². The van der Waals surface area contributed by atoms with E-state index >= 15 is 0 Å². The van der Waals surface area contributed by atoms with E-state index in [1.165, 1.54) is 4.90 Å². The first-order valence-corrected chi connectivity index (χ1v) is 4.57. The number of likely N-dealkylation sites (N-methyl/N-ethyl adjacent to an activating group) is 1. The molecule has 0 heterocycles. The van der Waals surface area contributed by atoms with Crippen molar-refractivity contribution in [1.29, 1.82) is 0 Å². The summed E-state index contributed by atoms with van der Waals surface area (Å²) in [7, 11) is 1.66. The second kappa shape index (κ2) is 4.77. The van der Waals surface area contributed by atoms with Crippen LogP contribution >= 0.6 is 0 Å². The molecule has 0 aliphatic heterocycles. The molecule has 0 fully saturated rings. The Morgan fingerprint density at radius 3 is 2.43 bits per heavy atom. The number of aliphatic hydroxyl groups is 1. The van der Waals surface area contributed by atoms with Gasteiger partial charge in [-0.15, -0.1) is 0 Å². The molecule has 0 spiro atoms. The van der Waals surface area contributed by atoms with Crippen molar-refractivity contribution in [3.63, 3.8) is 0 Å². The van der Waals surface area contributed by atoms with Crippen LogP contribution < -0.4 is 0 Å².